The fourth-order valence-corrected chi connectivity index (χ4v) is 4.38. The van der Waals surface area contributed by atoms with Crippen molar-refractivity contribution in [1.29, 1.82) is 0 Å². The number of nitrogens with zero attached hydrogens (tertiary/aromatic N) is 1. The summed E-state index contributed by atoms with van der Waals surface area (Å²) in [6.45, 7) is 0.193. The lowest BCUT2D eigenvalue weighted by Gasteiger charge is -2.29. The number of methoxy groups -OCH3 is 1. The Balaban J connectivity index is 1.76. The third-order valence-corrected chi connectivity index (χ3v) is 5.37. The van der Waals surface area contributed by atoms with Gasteiger partial charge in [0.2, 0.25) is 0 Å². The van der Waals surface area contributed by atoms with Crippen molar-refractivity contribution in [2.75, 3.05) is 13.7 Å². The minimum Gasteiger partial charge on any atom is -0.469 e. The van der Waals surface area contributed by atoms with Gasteiger partial charge in [-0.15, -0.1) is 0 Å². The first-order chi connectivity index (χ1) is 11.1. The second-order valence-electron chi connectivity index (χ2n) is 6.27. The van der Waals surface area contributed by atoms with Gasteiger partial charge in [-0.2, -0.15) is 0 Å². The molecule has 6 heteroatoms. The molecule has 1 heterocycles. The first-order valence-corrected chi connectivity index (χ1v) is 7.74. The van der Waals surface area contributed by atoms with Crippen molar-refractivity contribution in [2.45, 2.75) is 24.4 Å². The average Bonchev–Trinajstić information content (AvgIpc) is 2.89. The highest BCUT2D eigenvalue weighted by molar-refractivity contribution is 6.05. The van der Waals surface area contributed by atoms with Crippen molar-refractivity contribution in [1.82, 2.24) is 4.90 Å². The summed E-state index contributed by atoms with van der Waals surface area (Å²) in [5, 5.41) is 0. The van der Waals surface area contributed by atoms with Crippen LogP contribution in [0.3, 0.4) is 0 Å². The highest BCUT2D eigenvalue weighted by Gasteiger charge is 2.80. The van der Waals surface area contributed by atoms with E-state index in [1.807, 2.05) is 30.3 Å². The van der Waals surface area contributed by atoms with Gasteiger partial charge in [-0.1, -0.05) is 30.3 Å². The third kappa shape index (κ3) is 1.72. The second-order valence-corrected chi connectivity index (χ2v) is 6.27. The van der Waals surface area contributed by atoms with E-state index in [2.05, 4.69) is 0 Å². The Hall–Kier alpha value is -2.37. The lowest BCUT2D eigenvalue weighted by molar-refractivity contribution is -0.145. The van der Waals surface area contributed by atoms with Crippen LogP contribution < -0.4 is 0 Å². The number of ketones is 1. The van der Waals surface area contributed by atoms with E-state index in [4.69, 9.17) is 9.47 Å². The molecule has 2 saturated carbocycles. The zero-order valence-corrected chi connectivity index (χ0v) is 12.7. The number of cyclic esters (lactones) is 1. The van der Waals surface area contributed by atoms with Crippen LogP contribution in [0, 0.1) is 11.8 Å². The number of amides is 1. The molecular formula is C17H17NO5. The normalized spacial score (nSPS) is 35.0. The average molecular weight is 315 g/mol. The predicted molar refractivity (Wildman–Crippen MR) is 78.3 cm³/mol. The SMILES string of the molecule is COC(=O)C1[C@@H]2CCC(=O)[C@]12N1C(=O)OC[C@H]1c1ccccc1. The van der Waals surface area contributed by atoms with Gasteiger partial charge in [0, 0.05) is 12.3 Å². The molecule has 0 spiro atoms. The van der Waals surface area contributed by atoms with Gasteiger partial charge >= 0.3 is 12.1 Å². The number of benzene rings is 1. The molecule has 4 rings (SSSR count). The second kappa shape index (κ2) is 4.81. The predicted octanol–water partition coefficient (Wildman–Crippen LogP) is 1.70. The highest BCUT2D eigenvalue weighted by Crippen LogP contribution is 2.65. The summed E-state index contributed by atoms with van der Waals surface area (Å²) in [7, 11) is 1.31. The number of rotatable bonds is 3. The van der Waals surface area contributed by atoms with Crippen LogP contribution in [0.25, 0.3) is 0 Å². The number of hydrogen-bond acceptors (Lipinski definition) is 5. The summed E-state index contributed by atoms with van der Waals surface area (Å²) in [6, 6.07) is 9.12. The molecule has 120 valence electrons. The first kappa shape index (κ1) is 14.2. The molecule has 0 N–H and O–H groups in total. The number of fused-ring (bicyclic) bond motifs is 1. The Labute approximate surface area is 133 Å². The minimum absolute atomic E-state index is 0.0577. The molecule has 1 saturated heterocycles. The molecule has 23 heavy (non-hydrogen) atoms. The van der Waals surface area contributed by atoms with Gasteiger partial charge in [0.15, 0.2) is 5.78 Å². The van der Waals surface area contributed by atoms with Gasteiger partial charge in [-0.05, 0) is 12.0 Å². The van der Waals surface area contributed by atoms with Gasteiger partial charge in [0.05, 0.1) is 19.1 Å². The van der Waals surface area contributed by atoms with E-state index < -0.39 is 23.5 Å². The van der Waals surface area contributed by atoms with Crippen molar-refractivity contribution < 1.29 is 23.9 Å². The van der Waals surface area contributed by atoms with Crippen molar-refractivity contribution in [3.63, 3.8) is 0 Å². The monoisotopic (exact) mass is 315 g/mol. The van der Waals surface area contributed by atoms with E-state index in [-0.39, 0.29) is 24.3 Å². The molecule has 1 unspecified atom stereocenters. The van der Waals surface area contributed by atoms with Crippen LogP contribution in [0.2, 0.25) is 0 Å². The molecule has 1 aliphatic heterocycles. The summed E-state index contributed by atoms with van der Waals surface area (Å²) in [4.78, 5) is 38.6. The Bertz CT molecular complexity index is 687. The summed E-state index contributed by atoms with van der Waals surface area (Å²) < 4.78 is 10.1. The largest absolute Gasteiger partial charge is 0.469 e. The number of ether oxygens (including phenoxy) is 2. The van der Waals surface area contributed by atoms with E-state index in [0.29, 0.717) is 12.8 Å². The van der Waals surface area contributed by atoms with Gasteiger partial charge in [0.25, 0.3) is 0 Å². The van der Waals surface area contributed by atoms with Crippen LogP contribution in [0.15, 0.2) is 30.3 Å². The van der Waals surface area contributed by atoms with E-state index >= 15 is 0 Å². The number of esters is 1. The molecule has 4 atom stereocenters. The minimum atomic E-state index is -1.07. The van der Waals surface area contributed by atoms with Crippen molar-refractivity contribution in [2.24, 2.45) is 11.8 Å². The van der Waals surface area contributed by atoms with Gasteiger partial charge in [-0.3, -0.25) is 14.5 Å². The van der Waals surface area contributed by atoms with E-state index in [1.54, 1.807) is 0 Å². The first-order valence-electron chi connectivity index (χ1n) is 7.74. The van der Waals surface area contributed by atoms with Crippen molar-refractivity contribution >= 4 is 17.8 Å². The molecular weight excluding hydrogens is 298 g/mol. The number of hydrogen-bond donors (Lipinski definition) is 0. The Morgan fingerprint density at radius 2 is 2.04 bits per heavy atom. The van der Waals surface area contributed by atoms with Crippen molar-refractivity contribution in [3.05, 3.63) is 35.9 Å². The van der Waals surface area contributed by atoms with Crippen molar-refractivity contribution in [3.8, 4) is 0 Å². The van der Waals surface area contributed by atoms with Gasteiger partial charge in [-0.25, -0.2) is 4.79 Å². The van der Waals surface area contributed by atoms with Crippen LogP contribution in [-0.4, -0.2) is 42.0 Å². The lowest BCUT2D eigenvalue weighted by atomic mass is 10.00. The molecule has 0 aromatic heterocycles. The molecule has 1 amide bonds. The fourth-order valence-electron chi connectivity index (χ4n) is 4.38. The summed E-state index contributed by atoms with van der Waals surface area (Å²) in [5.74, 6) is -1.20. The molecule has 2 aliphatic carbocycles. The summed E-state index contributed by atoms with van der Waals surface area (Å²) in [5.41, 5.74) is -0.164. The maximum atomic E-state index is 12.6. The Morgan fingerprint density at radius 1 is 1.30 bits per heavy atom. The molecule has 3 aliphatic rings. The molecule has 1 aromatic rings. The van der Waals surface area contributed by atoms with E-state index in [1.165, 1.54) is 12.0 Å². The fraction of sp³-hybridized carbons (Fsp3) is 0.471. The molecule has 0 radical (unpaired) electrons. The molecule has 3 fully saturated rings. The molecule has 0 bridgehead atoms. The van der Waals surface area contributed by atoms with E-state index in [0.717, 1.165) is 5.56 Å². The standard InChI is InChI=1S/C17H17NO5/c1-22-15(20)14-11-7-8-13(19)17(11,14)18-12(9-23-16(18)21)10-5-3-2-4-6-10/h2-6,11-12,14H,7-9H2,1H3/t11-,12-,14?,17-/m0/s1. The van der Waals surface area contributed by atoms with Crippen LogP contribution in [-0.2, 0) is 19.1 Å². The molecule has 1 aromatic carbocycles. The smallest absolute Gasteiger partial charge is 0.411 e. The van der Waals surface area contributed by atoms with Crippen LogP contribution >= 0.6 is 0 Å². The van der Waals surface area contributed by atoms with E-state index in [9.17, 15) is 14.4 Å². The topological polar surface area (TPSA) is 72.9 Å². The zero-order chi connectivity index (χ0) is 16.2. The van der Waals surface area contributed by atoms with Crippen LogP contribution in [0.5, 0.6) is 0 Å². The van der Waals surface area contributed by atoms with Crippen LogP contribution in [0.4, 0.5) is 4.79 Å². The van der Waals surface area contributed by atoms with Gasteiger partial charge in [0.1, 0.15) is 12.1 Å². The lowest BCUT2D eigenvalue weighted by Crippen LogP contribution is -2.47. The Kier molecular flexibility index (Phi) is 2.98. The number of carbonyl (C=O) groups is 3. The van der Waals surface area contributed by atoms with Crippen LogP contribution in [0.1, 0.15) is 24.4 Å². The number of Topliss-reactive ketones (excluding diaryl/α,β-unsaturated/α-hetero) is 1. The third-order valence-electron chi connectivity index (χ3n) is 5.37. The highest BCUT2D eigenvalue weighted by atomic mass is 16.6. The Morgan fingerprint density at radius 3 is 2.74 bits per heavy atom. The van der Waals surface area contributed by atoms with Gasteiger partial charge < -0.3 is 9.47 Å². The maximum Gasteiger partial charge on any atom is 0.411 e. The quantitative estimate of drug-likeness (QED) is 0.794. The maximum absolute atomic E-state index is 12.6. The summed E-state index contributed by atoms with van der Waals surface area (Å²) in [6.07, 6.45) is 0.485. The summed E-state index contributed by atoms with van der Waals surface area (Å²) >= 11 is 0. The number of carbonyl (C=O) groups excluding carboxylic acids is 3. The zero-order valence-electron chi connectivity index (χ0n) is 12.7. The molecule has 6 nitrogen and oxygen atoms in total.